The van der Waals surface area contributed by atoms with E-state index >= 15 is 0 Å². The van der Waals surface area contributed by atoms with Crippen molar-refractivity contribution in [1.82, 2.24) is 0 Å². The highest BCUT2D eigenvalue weighted by Crippen LogP contribution is 2.44. The Hall–Kier alpha value is -2.82. The fraction of sp³-hybridized carbons (Fsp3) is 0. The molecular weight excluding hydrogens is 305 g/mol. The van der Waals surface area contributed by atoms with Gasteiger partial charge in [0.05, 0.1) is 22.2 Å². The summed E-state index contributed by atoms with van der Waals surface area (Å²) >= 11 is 0. The molecule has 23 heavy (non-hydrogen) atoms. The second-order valence-electron chi connectivity index (χ2n) is 4.95. The van der Waals surface area contributed by atoms with E-state index in [-0.39, 0.29) is 0 Å². The number of rotatable bonds is 4. The normalized spacial score (nSPS) is 10.7. The molecule has 0 bridgehead atoms. The predicted octanol–water partition coefficient (Wildman–Crippen LogP) is 3.87. The van der Waals surface area contributed by atoms with Crippen molar-refractivity contribution in [2.24, 2.45) is 0 Å². The quantitative estimate of drug-likeness (QED) is 0.686. The lowest BCUT2D eigenvalue weighted by atomic mass is 10.2. The van der Waals surface area contributed by atoms with Gasteiger partial charge in [0, 0.05) is 0 Å². The summed E-state index contributed by atoms with van der Waals surface area (Å²) in [5.41, 5.74) is 0.534. The summed E-state index contributed by atoms with van der Waals surface area (Å²) in [6.45, 7) is 0. The molecule has 3 nitrogen and oxygen atoms in total. The van der Waals surface area contributed by atoms with E-state index in [0.29, 0.717) is 21.9 Å². The van der Waals surface area contributed by atoms with Crippen LogP contribution in [0, 0.1) is 11.3 Å². The zero-order chi connectivity index (χ0) is 16.1. The molecule has 0 atom stereocenters. The maximum atomic E-state index is 13.7. The molecule has 4 heteroatoms. The molecule has 0 amide bonds. The van der Waals surface area contributed by atoms with Gasteiger partial charge in [0.2, 0.25) is 0 Å². The molecular formula is C19H14NO2P. The van der Waals surface area contributed by atoms with E-state index in [2.05, 4.69) is 6.07 Å². The Labute approximate surface area is 135 Å². The molecule has 0 saturated heterocycles. The third kappa shape index (κ3) is 3.18. The maximum absolute atomic E-state index is 13.7. The van der Waals surface area contributed by atoms with E-state index in [0.717, 1.165) is 0 Å². The van der Waals surface area contributed by atoms with Gasteiger partial charge in [0.1, 0.15) is 5.75 Å². The molecule has 0 unspecified atom stereocenters. The first-order valence-corrected chi connectivity index (χ1v) is 8.76. The molecule has 0 aliphatic rings. The molecule has 0 spiro atoms. The van der Waals surface area contributed by atoms with Crippen LogP contribution in [0.4, 0.5) is 0 Å². The van der Waals surface area contributed by atoms with Crippen LogP contribution in [0.25, 0.3) is 0 Å². The molecule has 3 rings (SSSR count). The largest absolute Gasteiger partial charge is 0.437 e. The molecule has 0 radical (unpaired) electrons. The Kier molecular flexibility index (Phi) is 4.28. The van der Waals surface area contributed by atoms with E-state index < -0.39 is 7.37 Å². The fourth-order valence-electron chi connectivity index (χ4n) is 2.24. The maximum Gasteiger partial charge on any atom is 0.306 e. The van der Waals surface area contributed by atoms with Crippen LogP contribution in [0.1, 0.15) is 5.56 Å². The van der Waals surface area contributed by atoms with E-state index in [1.807, 2.05) is 36.4 Å². The van der Waals surface area contributed by atoms with Crippen molar-refractivity contribution in [3.05, 3.63) is 90.5 Å². The first-order chi connectivity index (χ1) is 11.2. The van der Waals surface area contributed by atoms with E-state index in [1.165, 1.54) is 0 Å². The molecule has 0 saturated carbocycles. The Morgan fingerprint density at radius 2 is 1.22 bits per heavy atom. The number of hydrogen-bond acceptors (Lipinski definition) is 3. The van der Waals surface area contributed by atoms with Gasteiger partial charge < -0.3 is 4.52 Å². The van der Waals surface area contributed by atoms with Crippen molar-refractivity contribution in [2.45, 2.75) is 0 Å². The summed E-state index contributed by atoms with van der Waals surface area (Å²) in [7, 11) is -3.25. The Bertz CT molecular complexity index is 825. The lowest BCUT2D eigenvalue weighted by Gasteiger charge is -2.20. The lowest BCUT2D eigenvalue weighted by Crippen LogP contribution is -2.20. The molecule has 0 aliphatic heterocycles. The standard InChI is InChI=1S/C19H14NO2P/c20-15-16-11-13-17(14-12-16)22-23(21,18-7-3-1-4-8-18)19-9-5-2-6-10-19/h1-14H. The summed E-state index contributed by atoms with van der Waals surface area (Å²) in [6.07, 6.45) is 0. The molecule has 0 aromatic heterocycles. The van der Waals surface area contributed by atoms with Crippen molar-refractivity contribution in [1.29, 1.82) is 5.26 Å². The Balaban J connectivity index is 2.06. The Morgan fingerprint density at radius 3 is 1.65 bits per heavy atom. The van der Waals surface area contributed by atoms with Crippen molar-refractivity contribution in [2.75, 3.05) is 0 Å². The van der Waals surface area contributed by atoms with Crippen LogP contribution in [0.3, 0.4) is 0 Å². The van der Waals surface area contributed by atoms with Crippen molar-refractivity contribution in [3.8, 4) is 11.8 Å². The van der Waals surface area contributed by atoms with Crippen molar-refractivity contribution >= 4 is 18.0 Å². The number of benzene rings is 3. The molecule has 0 aliphatic carbocycles. The Morgan fingerprint density at radius 1 is 0.739 bits per heavy atom. The van der Waals surface area contributed by atoms with Gasteiger partial charge in [-0.2, -0.15) is 5.26 Å². The SMILES string of the molecule is N#Cc1ccc(OP(=O)(c2ccccc2)c2ccccc2)cc1. The molecule has 3 aromatic carbocycles. The highest BCUT2D eigenvalue weighted by Gasteiger charge is 2.29. The van der Waals surface area contributed by atoms with Gasteiger partial charge in [0.25, 0.3) is 0 Å². The van der Waals surface area contributed by atoms with Crippen LogP contribution < -0.4 is 15.1 Å². The van der Waals surface area contributed by atoms with Gasteiger partial charge in [-0.05, 0) is 48.5 Å². The average molecular weight is 319 g/mol. The van der Waals surface area contributed by atoms with Crippen molar-refractivity contribution in [3.63, 3.8) is 0 Å². The second kappa shape index (κ2) is 6.52. The first-order valence-electron chi connectivity index (χ1n) is 7.13. The summed E-state index contributed by atoms with van der Waals surface area (Å²) < 4.78 is 19.6. The monoisotopic (exact) mass is 319 g/mol. The number of nitrogens with zero attached hydrogens (tertiary/aromatic N) is 1. The minimum absolute atomic E-state index is 0.472. The van der Waals surface area contributed by atoms with Gasteiger partial charge in [0.15, 0.2) is 0 Å². The predicted molar refractivity (Wildman–Crippen MR) is 91.5 cm³/mol. The van der Waals surface area contributed by atoms with Crippen molar-refractivity contribution < 1.29 is 9.09 Å². The van der Waals surface area contributed by atoms with Crippen LogP contribution in [0.2, 0.25) is 0 Å². The van der Waals surface area contributed by atoms with Crippen LogP contribution in [0.15, 0.2) is 84.9 Å². The zero-order valence-corrected chi connectivity index (χ0v) is 13.2. The second-order valence-corrected chi connectivity index (χ2v) is 7.27. The van der Waals surface area contributed by atoms with Crippen LogP contribution in [-0.4, -0.2) is 0 Å². The first kappa shape index (κ1) is 15.1. The van der Waals surface area contributed by atoms with E-state index in [9.17, 15) is 4.57 Å². The van der Waals surface area contributed by atoms with Crippen LogP contribution in [-0.2, 0) is 4.57 Å². The summed E-state index contributed by atoms with van der Waals surface area (Å²) in [5, 5.41) is 10.1. The third-order valence-electron chi connectivity index (χ3n) is 3.41. The summed E-state index contributed by atoms with van der Waals surface area (Å²) in [6, 6.07) is 27.0. The minimum Gasteiger partial charge on any atom is -0.437 e. The third-order valence-corrected chi connectivity index (χ3v) is 5.83. The van der Waals surface area contributed by atoms with Gasteiger partial charge in [-0.15, -0.1) is 0 Å². The summed E-state index contributed by atoms with van der Waals surface area (Å²) in [4.78, 5) is 0. The smallest absolute Gasteiger partial charge is 0.306 e. The number of nitriles is 1. The van der Waals surface area contributed by atoms with E-state index in [1.54, 1.807) is 48.5 Å². The highest BCUT2D eigenvalue weighted by molar-refractivity contribution is 7.74. The average Bonchev–Trinajstić information content (AvgIpc) is 2.64. The van der Waals surface area contributed by atoms with Crippen LogP contribution in [0.5, 0.6) is 5.75 Å². The topological polar surface area (TPSA) is 50.1 Å². The molecule has 112 valence electrons. The van der Waals surface area contributed by atoms with Gasteiger partial charge >= 0.3 is 7.37 Å². The van der Waals surface area contributed by atoms with Gasteiger partial charge in [-0.3, -0.25) is 4.57 Å². The van der Waals surface area contributed by atoms with Gasteiger partial charge in [-0.1, -0.05) is 36.4 Å². The zero-order valence-electron chi connectivity index (χ0n) is 12.3. The number of hydrogen-bond donors (Lipinski definition) is 0. The molecule has 0 heterocycles. The molecule has 3 aromatic rings. The van der Waals surface area contributed by atoms with E-state index in [4.69, 9.17) is 9.79 Å². The van der Waals surface area contributed by atoms with Gasteiger partial charge in [-0.25, -0.2) is 0 Å². The molecule has 0 fully saturated rings. The summed E-state index contributed by atoms with van der Waals surface area (Å²) in [5.74, 6) is 0.472. The fourth-order valence-corrected chi connectivity index (χ4v) is 4.30. The minimum atomic E-state index is -3.25. The highest BCUT2D eigenvalue weighted by atomic mass is 31.2. The lowest BCUT2D eigenvalue weighted by molar-refractivity contribution is 0.503. The van der Waals surface area contributed by atoms with Crippen LogP contribution >= 0.6 is 7.37 Å². The molecule has 0 N–H and O–H groups in total.